The van der Waals surface area contributed by atoms with E-state index in [-0.39, 0.29) is 11.9 Å². The minimum Gasteiger partial charge on any atom is -0.383 e. The Labute approximate surface area is 102 Å². The SMILES string of the molecule is COCCNC(=O)C(C)NC1CSC(C)C1. The third-order valence-electron chi connectivity index (χ3n) is 2.68. The van der Waals surface area contributed by atoms with Gasteiger partial charge >= 0.3 is 0 Å². The van der Waals surface area contributed by atoms with Crippen LogP contribution in [0.1, 0.15) is 20.3 Å². The summed E-state index contributed by atoms with van der Waals surface area (Å²) in [6, 6.07) is 0.357. The van der Waals surface area contributed by atoms with E-state index < -0.39 is 0 Å². The fourth-order valence-electron chi connectivity index (χ4n) is 1.79. The Kier molecular flexibility index (Phi) is 6.16. The van der Waals surface area contributed by atoms with E-state index in [0.717, 1.165) is 12.2 Å². The molecule has 16 heavy (non-hydrogen) atoms. The van der Waals surface area contributed by atoms with Gasteiger partial charge in [0.15, 0.2) is 0 Å². The molecule has 0 aromatic rings. The summed E-state index contributed by atoms with van der Waals surface area (Å²) in [6.45, 7) is 5.29. The van der Waals surface area contributed by atoms with E-state index in [1.807, 2.05) is 18.7 Å². The maximum atomic E-state index is 11.7. The van der Waals surface area contributed by atoms with Gasteiger partial charge in [0.1, 0.15) is 0 Å². The molecule has 5 heteroatoms. The number of hydrogen-bond acceptors (Lipinski definition) is 4. The van der Waals surface area contributed by atoms with Gasteiger partial charge in [-0.2, -0.15) is 11.8 Å². The molecule has 1 rings (SSSR count). The van der Waals surface area contributed by atoms with E-state index in [9.17, 15) is 4.79 Å². The second kappa shape index (κ2) is 7.14. The normalized spacial score (nSPS) is 26.7. The van der Waals surface area contributed by atoms with Crippen LogP contribution in [0.3, 0.4) is 0 Å². The molecule has 1 fully saturated rings. The molecule has 3 unspecified atom stereocenters. The van der Waals surface area contributed by atoms with Gasteiger partial charge in [0.25, 0.3) is 0 Å². The largest absolute Gasteiger partial charge is 0.383 e. The second-order valence-electron chi connectivity index (χ2n) is 4.25. The van der Waals surface area contributed by atoms with Crippen molar-refractivity contribution in [1.29, 1.82) is 0 Å². The molecule has 0 spiro atoms. The van der Waals surface area contributed by atoms with E-state index in [2.05, 4.69) is 17.6 Å². The van der Waals surface area contributed by atoms with Crippen LogP contribution in [-0.2, 0) is 9.53 Å². The van der Waals surface area contributed by atoms with Crippen LogP contribution in [-0.4, -0.2) is 49.3 Å². The maximum Gasteiger partial charge on any atom is 0.236 e. The first-order valence-corrected chi connectivity index (χ1v) is 6.82. The number of amides is 1. The van der Waals surface area contributed by atoms with Gasteiger partial charge < -0.3 is 15.4 Å². The molecule has 2 N–H and O–H groups in total. The molecule has 0 bridgehead atoms. The van der Waals surface area contributed by atoms with Crippen LogP contribution in [0, 0.1) is 0 Å². The molecule has 0 aromatic heterocycles. The van der Waals surface area contributed by atoms with Crippen molar-refractivity contribution in [3.63, 3.8) is 0 Å². The zero-order chi connectivity index (χ0) is 12.0. The highest BCUT2D eigenvalue weighted by Gasteiger charge is 2.24. The van der Waals surface area contributed by atoms with Crippen LogP contribution in [0.5, 0.6) is 0 Å². The van der Waals surface area contributed by atoms with Crippen LogP contribution in [0.2, 0.25) is 0 Å². The van der Waals surface area contributed by atoms with Gasteiger partial charge in [0.05, 0.1) is 12.6 Å². The van der Waals surface area contributed by atoms with Gasteiger partial charge in [-0.05, 0) is 13.3 Å². The zero-order valence-electron chi connectivity index (χ0n) is 10.3. The van der Waals surface area contributed by atoms with Crippen molar-refractivity contribution in [1.82, 2.24) is 10.6 Å². The number of nitrogens with one attached hydrogen (secondary N) is 2. The molecule has 1 aliphatic heterocycles. The summed E-state index contributed by atoms with van der Waals surface area (Å²) in [7, 11) is 1.63. The molecule has 3 atom stereocenters. The first kappa shape index (κ1) is 13.8. The van der Waals surface area contributed by atoms with Crippen molar-refractivity contribution in [3.05, 3.63) is 0 Å². The molecule has 94 valence electrons. The summed E-state index contributed by atoms with van der Waals surface area (Å²) in [5.41, 5.74) is 0. The smallest absolute Gasteiger partial charge is 0.236 e. The molecule has 1 amide bonds. The van der Waals surface area contributed by atoms with Crippen LogP contribution < -0.4 is 10.6 Å². The van der Waals surface area contributed by atoms with E-state index in [4.69, 9.17) is 4.74 Å². The number of methoxy groups -OCH3 is 1. The highest BCUT2D eigenvalue weighted by molar-refractivity contribution is 8.00. The monoisotopic (exact) mass is 246 g/mol. The summed E-state index contributed by atoms with van der Waals surface area (Å²) in [5.74, 6) is 1.17. The Bertz CT molecular complexity index is 226. The first-order chi connectivity index (χ1) is 7.63. The Hall–Kier alpha value is -0.260. The fourth-order valence-corrected chi connectivity index (χ4v) is 2.95. The Morgan fingerprint density at radius 1 is 1.62 bits per heavy atom. The highest BCUT2D eigenvalue weighted by Crippen LogP contribution is 2.26. The third-order valence-corrected chi connectivity index (χ3v) is 4.04. The highest BCUT2D eigenvalue weighted by atomic mass is 32.2. The number of hydrogen-bond donors (Lipinski definition) is 2. The van der Waals surface area contributed by atoms with Crippen LogP contribution in [0.4, 0.5) is 0 Å². The summed E-state index contributed by atoms with van der Waals surface area (Å²) >= 11 is 1.97. The molecular formula is C11H22N2O2S. The molecule has 4 nitrogen and oxygen atoms in total. The average Bonchev–Trinajstić information content (AvgIpc) is 2.64. The van der Waals surface area contributed by atoms with E-state index in [0.29, 0.717) is 24.4 Å². The van der Waals surface area contributed by atoms with Gasteiger partial charge in [-0.1, -0.05) is 6.92 Å². The number of carbonyl (C=O) groups excluding carboxylic acids is 1. The lowest BCUT2D eigenvalue weighted by Gasteiger charge is -2.18. The van der Waals surface area contributed by atoms with E-state index in [1.165, 1.54) is 0 Å². The van der Waals surface area contributed by atoms with Crippen LogP contribution in [0.25, 0.3) is 0 Å². The minimum absolute atomic E-state index is 0.0570. The molecule has 0 aliphatic carbocycles. The number of thioether (sulfide) groups is 1. The number of carbonyl (C=O) groups is 1. The summed E-state index contributed by atoms with van der Waals surface area (Å²) in [4.78, 5) is 11.7. The second-order valence-corrected chi connectivity index (χ2v) is 5.72. The predicted molar refractivity (Wildman–Crippen MR) is 67.8 cm³/mol. The molecule has 1 heterocycles. The molecular weight excluding hydrogens is 224 g/mol. The van der Waals surface area contributed by atoms with Crippen LogP contribution in [0.15, 0.2) is 0 Å². The van der Waals surface area contributed by atoms with Crippen molar-refractivity contribution >= 4 is 17.7 Å². The van der Waals surface area contributed by atoms with Gasteiger partial charge in [-0.25, -0.2) is 0 Å². The minimum atomic E-state index is -0.118. The Morgan fingerprint density at radius 3 is 2.94 bits per heavy atom. The Balaban J connectivity index is 2.18. The van der Waals surface area contributed by atoms with Gasteiger partial charge in [0.2, 0.25) is 5.91 Å². The van der Waals surface area contributed by atoms with Crippen molar-refractivity contribution < 1.29 is 9.53 Å². The summed E-state index contributed by atoms with van der Waals surface area (Å²) < 4.78 is 4.88. The lowest BCUT2D eigenvalue weighted by Crippen LogP contribution is -2.47. The fraction of sp³-hybridized carbons (Fsp3) is 0.909. The predicted octanol–water partition coefficient (Wildman–Crippen LogP) is 0.621. The molecule has 0 aromatic carbocycles. The molecule has 1 aliphatic rings. The van der Waals surface area contributed by atoms with Crippen molar-refractivity contribution in [3.8, 4) is 0 Å². The topological polar surface area (TPSA) is 50.4 Å². The van der Waals surface area contributed by atoms with E-state index >= 15 is 0 Å². The third kappa shape index (κ3) is 4.72. The lowest BCUT2D eigenvalue weighted by atomic mass is 10.1. The molecule has 0 saturated carbocycles. The molecule has 1 saturated heterocycles. The lowest BCUT2D eigenvalue weighted by molar-refractivity contribution is -0.123. The number of rotatable bonds is 6. The molecule has 0 radical (unpaired) electrons. The summed E-state index contributed by atoms with van der Waals surface area (Å²) in [6.07, 6.45) is 1.15. The quantitative estimate of drug-likeness (QED) is 0.675. The van der Waals surface area contributed by atoms with Gasteiger partial charge in [-0.3, -0.25) is 4.79 Å². The van der Waals surface area contributed by atoms with E-state index in [1.54, 1.807) is 7.11 Å². The van der Waals surface area contributed by atoms with Crippen molar-refractivity contribution in [2.24, 2.45) is 0 Å². The summed E-state index contributed by atoms with van der Waals surface area (Å²) in [5, 5.41) is 6.91. The number of ether oxygens (including phenoxy) is 1. The first-order valence-electron chi connectivity index (χ1n) is 5.77. The van der Waals surface area contributed by atoms with Crippen LogP contribution >= 0.6 is 11.8 Å². The zero-order valence-corrected chi connectivity index (χ0v) is 11.1. The Morgan fingerprint density at radius 2 is 2.38 bits per heavy atom. The van der Waals surface area contributed by atoms with Gasteiger partial charge in [0, 0.05) is 30.7 Å². The van der Waals surface area contributed by atoms with Crippen molar-refractivity contribution in [2.75, 3.05) is 26.0 Å². The van der Waals surface area contributed by atoms with Crippen molar-refractivity contribution in [2.45, 2.75) is 37.6 Å². The maximum absolute atomic E-state index is 11.7. The average molecular weight is 246 g/mol. The standard InChI is InChI=1S/C11H22N2O2S/c1-8-6-10(7-16-8)13-9(2)11(14)12-4-5-15-3/h8-10,13H,4-7H2,1-3H3,(H,12,14). The van der Waals surface area contributed by atoms with Gasteiger partial charge in [-0.15, -0.1) is 0 Å².